The molecule has 464 valence electrons. The molecule has 30 atom stereocenters. The van der Waals surface area contributed by atoms with Crippen LogP contribution in [-0.4, -0.2) is 258 Å². The highest BCUT2D eigenvalue weighted by Crippen LogP contribution is 2.76. The molecular formula is C55H88O26. The molecule has 0 bridgehead atoms. The largest absolute Gasteiger partial charge is 0.469 e. The van der Waals surface area contributed by atoms with Gasteiger partial charge in [0, 0.05) is 5.41 Å². The van der Waals surface area contributed by atoms with Gasteiger partial charge in [0.05, 0.1) is 57.1 Å². The third-order valence-corrected chi connectivity index (χ3v) is 22.0. The predicted molar refractivity (Wildman–Crippen MR) is 271 cm³/mol. The fourth-order valence-corrected chi connectivity index (χ4v) is 16.8. The van der Waals surface area contributed by atoms with Gasteiger partial charge in [0.15, 0.2) is 18.9 Å². The van der Waals surface area contributed by atoms with Crippen molar-refractivity contribution in [3.8, 4) is 0 Å². The van der Waals surface area contributed by atoms with Crippen molar-refractivity contribution >= 4 is 11.9 Å². The minimum absolute atomic E-state index is 0.0272. The highest BCUT2D eigenvalue weighted by atomic mass is 16.8. The molecular weight excluding hydrogens is 1080 g/mol. The van der Waals surface area contributed by atoms with E-state index in [1.807, 2.05) is 13.8 Å². The molecule has 9 rings (SSSR count). The van der Waals surface area contributed by atoms with Crippen LogP contribution in [0.5, 0.6) is 0 Å². The first-order valence-corrected chi connectivity index (χ1v) is 28.6. The number of hydrogen-bond acceptors (Lipinski definition) is 26. The zero-order valence-electron chi connectivity index (χ0n) is 46.7. The second kappa shape index (κ2) is 23.5. The average Bonchev–Trinajstić information content (AvgIpc) is 3.49. The monoisotopic (exact) mass is 1160 g/mol. The summed E-state index contributed by atoms with van der Waals surface area (Å²) in [7, 11) is 1.33. The van der Waals surface area contributed by atoms with Gasteiger partial charge in [0.25, 0.3) is 0 Å². The molecule has 15 N–H and O–H groups in total. The van der Waals surface area contributed by atoms with Gasteiger partial charge in [-0.2, -0.15) is 0 Å². The van der Waals surface area contributed by atoms with Gasteiger partial charge in [-0.15, -0.1) is 0 Å². The average molecular weight is 1170 g/mol. The van der Waals surface area contributed by atoms with Gasteiger partial charge in [0.2, 0.25) is 6.29 Å². The van der Waals surface area contributed by atoms with E-state index in [0.717, 1.165) is 5.57 Å². The molecule has 0 spiro atoms. The van der Waals surface area contributed by atoms with E-state index in [0.29, 0.717) is 51.4 Å². The van der Waals surface area contributed by atoms with Gasteiger partial charge in [-0.3, -0.25) is 9.59 Å². The maximum absolute atomic E-state index is 14.9. The van der Waals surface area contributed by atoms with E-state index in [9.17, 15) is 86.2 Å². The van der Waals surface area contributed by atoms with Crippen LogP contribution in [0.2, 0.25) is 0 Å². The molecule has 26 nitrogen and oxygen atoms in total. The maximum Gasteiger partial charge on any atom is 0.315 e. The number of rotatable bonds is 14. The summed E-state index contributed by atoms with van der Waals surface area (Å²) < 4.78 is 52.3. The van der Waals surface area contributed by atoms with E-state index in [-0.39, 0.29) is 31.3 Å². The zero-order chi connectivity index (χ0) is 59.3. The van der Waals surface area contributed by atoms with E-state index in [1.54, 1.807) is 0 Å². The standard InChI is InChI=1S/C55H88O26/c1-50(48(71)73-6)13-15-55(49(72)81-47-39(68)35(64)33(62)26(19-57)75-47)16-14-53(4)23(24(55)17-50)7-8-30-51(2)11-10-31(52(3,22-60)29(51)9-12-54(30,53)5)78-44-40(69)36(65)42(27(20-58)76-44)80-46-41(70)37(66)43(28(21-59)77-46)79-45-38(67)34(63)32(61)25(18-56)74-45/h7,24-47,56-70H,8-22H2,1-6H3. The molecule has 4 saturated carbocycles. The summed E-state index contributed by atoms with van der Waals surface area (Å²) in [5.74, 6) is -1.74. The summed E-state index contributed by atoms with van der Waals surface area (Å²) in [4.78, 5) is 28.4. The lowest BCUT2D eigenvalue weighted by Gasteiger charge is -2.71. The Bertz CT molecular complexity index is 2250. The highest BCUT2D eigenvalue weighted by Gasteiger charge is 2.71. The van der Waals surface area contributed by atoms with Crippen molar-refractivity contribution in [1.29, 1.82) is 0 Å². The normalized spacial score (nSPS) is 53.7. The third kappa shape index (κ3) is 10.2. The molecule has 4 heterocycles. The number of aliphatic hydroxyl groups excluding tert-OH is 15. The number of aliphatic hydroxyl groups is 15. The minimum atomic E-state index is -2.01. The first kappa shape index (κ1) is 63.3. The highest BCUT2D eigenvalue weighted by molar-refractivity contribution is 5.81. The van der Waals surface area contributed by atoms with Crippen molar-refractivity contribution in [2.45, 2.75) is 228 Å². The van der Waals surface area contributed by atoms with E-state index in [1.165, 1.54) is 7.11 Å². The van der Waals surface area contributed by atoms with Gasteiger partial charge in [-0.05, 0) is 105 Å². The number of allylic oxidation sites excluding steroid dienone is 2. The number of fused-ring (bicyclic) bond motifs is 7. The number of carbonyl (C=O) groups is 2. The minimum Gasteiger partial charge on any atom is -0.469 e. The topological polar surface area (TPSA) is 421 Å². The molecule has 8 fully saturated rings. The van der Waals surface area contributed by atoms with E-state index < -0.39 is 206 Å². The summed E-state index contributed by atoms with van der Waals surface area (Å²) in [6, 6.07) is 0. The van der Waals surface area contributed by atoms with Gasteiger partial charge in [0.1, 0.15) is 97.7 Å². The Balaban J connectivity index is 0.907. The molecule has 5 aliphatic carbocycles. The van der Waals surface area contributed by atoms with Gasteiger partial charge in [-0.25, -0.2) is 0 Å². The molecule has 9 aliphatic rings. The lowest BCUT2D eigenvalue weighted by molar-refractivity contribution is -0.383. The van der Waals surface area contributed by atoms with Gasteiger partial charge >= 0.3 is 11.9 Å². The quantitative estimate of drug-likeness (QED) is 0.0449. The summed E-state index contributed by atoms with van der Waals surface area (Å²) in [6.45, 7) is 7.03. The van der Waals surface area contributed by atoms with E-state index in [4.69, 9.17) is 42.6 Å². The van der Waals surface area contributed by atoms with Crippen LogP contribution in [0.4, 0.5) is 0 Å². The number of hydrogen-bond donors (Lipinski definition) is 15. The Hall–Kier alpha value is -2.20. The van der Waals surface area contributed by atoms with E-state index >= 15 is 0 Å². The summed E-state index contributed by atoms with van der Waals surface area (Å²) in [5, 5.41) is 161. The van der Waals surface area contributed by atoms with Crippen molar-refractivity contribution in [3.63, 3.8) is 0 Å². The van der Waals surface area contributed by atoms with Crippen molar-refractivity contribution < 1.29 is 129 Å². The number of carbonyl (C=O) groups excluding carboxylic acids is 2. The van der Waals surface area contributed by atoms with Crippen LogP contribution in [0.15, 0.2) is 11.6 Å². The molecule has 0 aromatic rings. The molecule has 0 amide bonds. The molecule has 81 heavy (non-hydrogen) atoms. The zero-order valence-corrected chi connectivity index (χ0v) is 46.7. The molecule has 30 unspecified atom stereocenters. The van der Waals surface area contributed by atoms with Gasteiger partial charge < -0.3 is 119 Å². The number of ether oxygens (including phenoxy) is 9. The lowest BCUT2D eigenvalue weighted by atomic mass is 9.33. The summed E-state index contributed by atoms with van der Waals surface area (Å²) >= 11 is 0. The molecule has 4 saturated heterocycles. The van der Waals surface area contributed by atoms with Crippen LogP contribution in [0.25, 0.3) is 0 Å². The SMILES string of the molecule is COC(=O)C1(C)CCC2(C(=O)OC3OC(CO)C(O)C(O)C3O)CCC3(C)C(=CCC4C5(C)CCC(OC6OC(CO)C(OC7OC(CO)C(OC8OC(CO)C(O)C(O)C8O)C(O)C7O)C(O)C6O)C(C)(CO)C5CCC43C)C2C1. The number of esters is 2. The summed E-state index contributed by atoms with van der Waals surface area (Å²) in [5.41, 5.74) is -3.41. The van der Waals surface area contributed by atoms with E-state index in [2.05, 4.69) is 26.8 Å². The van der Waals surface area contributed by atoms with Crippen molar-refractivity contribution in [2.24, 2.45) is 50.2 Å². The smallest absolute Gasteiger partial charge is 0.315 e. The second-order valence-corrected chi connectivity index (χ2v) is 26.0. The predicted octanol–water partition coefficient (Wildman–Crippen LogP) is -3.91. The van der Waals surface area contributed by atoms with Crippen molar-refractivity contribution in [2.75, 3.05) is 40.1 Å². The van der Waals surface area contributed by atoms with Crippen LogP contribution in [-0.2, 0) is 52.2 Å². The Kier molecular flexibility index (Phi) is 18.4. The molecule has 0 aromatic carbocycles. The second-order valence-electron chi connectivity index (χ2n) is 26.0. The number of methoxy groups -OCH3 is 1. The first-order chi connectivity index (χ1) is 38.1. The van der Waals surface area contributed by atoms with Crippen LogP contribution < -0.4 is 0 Å². The Morgan fingerprint density at radius 3 is 1.53 bits per heavy atom. The van der Waals surface area contributed by atoms with Crippen molar-refractivity contribution in [1.82, 2.24) is 0 Å². The van der Waals surface area contributed by atoms with Crippen LogP contribution in [0, 0.1) is 50.2 Å². The van der Waals surface area contributed by atoms with Crippen LogP contribution >= 0.6 is 0 Å². The fraction of sp³-hybridized carbons (Fsp3) is 0.927. The Labute approximate surface area is 469 Å². The van der Waals surface area contributed by atoms with Gasteiger partial charge in [-0.1, -0.05) is 39.3 Å². The Morgan fingerprint density at radius 2 is 1.01 bits per heavy atom. The molecule has 0 radical (unpaired) electrons. The van der Waals surface area contributed by atoms with Crippen LogP contribution in [0.3, 0.4) is 0 Å². The maximum atomic E-state index is 14.9. The lowest BCUT2D eigenvalue weighted by Crippen LogP contribution is -2.68. The first-order valence-electron chi connectivity index (χ1n) is 28.6. The molecule has 0 aromatic heterocycles. The third-order valence-electron chi connectivity index (χ3n) is 22.0. The molecule has 26 heteroatoms. The summed E-state index contributed by atoms with van der Waals surface area (Å²) in [6.07, 6.45) is -28.2. The Morgan fingerprint density at radius 1 is 0.531 bits per heavy atom. The molecule has 4 aliphatic heterocycles. The van der Waals surface area contributed by atoms with Crippen molar-refractivity contribution in [3.05, 3.63) is 11.6 Å². The fourth-order valence-electron chi connectivity index (χ4n) is 16.8. The van der Waals surface area contributed by atoms with Crippen LogP contribution in [0.1, 0.15) is 98.8 Å².